The quantitative estimate of drug-likeness (QED) is 0.0239. The van der Waals surface area contributed by atoms with E-state index < -0.39 is 74.2 Å². The normalized spacial score (nSPS) is 22.5. The van der Waals surface area contributed by atoms with Gasteiger partial charge in [0.2, 0.25) is 5.91 Å². The van der Waals surface area contributed by atoms with E-state index in [0.29, 0.717) is 12.8 Å². The second-order valence-electron chi connectivity index (χ2n) is 16.1. The number of unbranched alkanes of at least 4 members (excludes halogenated alkanes) is 21. The van der Waals surface area contributed by atoms with Gasteiger partial charge in [0, 0.05) is 0 Å². The number of ether oxygens (including phenoxy) is 2. The van der Waals surface area contributed by atoms with E-state index in [4.69, 9.17) is 9.47 Å². The van der Waals surface area contributed by atoms with Gasteiger partial charge in [-0.15, -0.1) is 0 Å². The van der Waals surface area contributed by atoms with Crippen molar-refractivity contribution in [1.29, 1.82) is 0 Å². The lowest BCUT2D eigenvalue weighted by molar-refractivity contribution is -0.303. The molecule has 0 aliphatic carbocycles. The first kappa shape index (κ1) is 52.6. The summed E-state index contributed by atoms with van der Waals surface area (Å²) in [5.41, 5.74) is 0. The third-order valence-electron chi connectivity index (χ3n) is 11.0. The minimum Gasteiger partial charge on any atom is -0.394 e. The van der Waals surface area contributed by atoms with Crippen LogP contribution in [0.1, 0.15) is 187 Å². The zero-order valence-corrected chi connectivity index (χ0v) is 35.4. The fraction of sp³-hybridized carbons (Fsp3) is 0.889. The largest absolute Gasteiger partial charge is 0.394 e. The van der Waals surface area contributed by atoms with Gasteiger partial charge in [0.25, 0.3) is 0 Å². The summed E-state index contributed by atoms with van der Waals surface area (Å²) in [6, 6.07) is -1.19. The summed E-state index contributed by atoms with van der Waals surface area (Å²) in [6.45, 7) is 3.38. The van der Waals surface area contributed by atoms with Crippen molar-refractivity contribution < 1.29 is 50.0 Å². The number of nitrogens with one attached hydrogen (secondary N) is 1. The van der Waals surface area contributed by atoms with E-state index in [9.17, 15) is 40.5 Å². The minimum absolute atomic E-state index is 0.239. The van der Waals surface area contributed by atoms with Gasteiger partial charge >= 0.3 is 0 Å². The van der Waals surface area contributed by atoms with Crippen molar-refractivity contribution in [3.05, 3.63) is 24.3 Å². The molecule has 0 aromatic heterocycles. The number of aliphatic hydroxyl groups is 7. The number of rotatable bonds is 37. The topological polar surface area (TPSA) is 189 Å². The molecule has 8 N–H and O–H groups in total. The van der Waals surface area contributed by atoms with Gasteiger partial charge in [0.1, 0.15) is 36.6 Å². The molecule has 1 amide bonds. The molecule has 0 aromatic rings. The number of carbonyl (C=O) groups excluding carboxylic acids is 1. The molecule has 11 heteroatoms. The van der Waals surface area contributed by atoms with Crippen LogP contribution >= 0.6 is 0 Å². The van der Waals surface area contributed by atoms with Gasteiger partial charge in [0.15, 0.2) is 6.29 Å². The lowest BCUT2D eigenvalue weighted by Crippen LogP contribution is -2.60. The number of allylic oxidation sites excluding steroid dienone is 4. The third kappa shape index (κ3) is 25.2. The minimum atomic E-state index is -1.67. The van der Waals surface area contributed by atoms with Gasteiger partial charge in [-0.3, -0.25) is 4.79 Å². The highest BCUT2D eigenvalue weighted by atomic mass is 16.7. The van der Waals surface area contributed by atoms with Crippen molar-refractivity contribution in [2.45, 2.75) is 242 Å². The Hall–Kier alpha value is -1.41. The Morgan fingerprint density at radius 1 is 0.607 bits per heavy atom. The van der Waals surface area contributed by atoms with Crippen molar-refractivity contribution in [3.63, 3.8) is 0 Å². The maximum atomic E-state index is 13.0. The molecule has 330 valence electrons. The van der Waals surface area contributed by atoms with Gasteiger partial charge < -0.3 is 50.5 Å². The maximum absolute atomic E-state index is 13.0. The maximum Gasteiger partial charge on any atom is 0.249 e. The summed E-state index contributed by atoms with van der Waals surface area (Å²) in [6.07, 6.45) is 26.7. The molecule has 0 aromatic carbocycles. The number of amides is 1. The smallest absolute Gasteiger partial charge is 0.249 e. The highest BCUT2D eigenvalue weighted by Gasteiger charge is 2.44. The van der Waals surface area contributed by atoms with Gasteiger partial charge in [-0.2, -0.15) is 0 Å². The summed E-state index contributed by atoms with van der Waals surface area (Å²) < 4.78 is 11.1. The van der Waals surface area contributed by atoms with Gasteiger partial charge in [0.05, 0.1) is 25.4 Å². The van der Waals surface area contributed by atoms with Crippen LogP contribution in [0.2, 0.25) is 0 Å². The molecule has 1 aliphatic heterocycles. The Balaban J connectivity index is 2.48. The van der Waals surface area contributed by atoms with Crippen LogP contribution in [0, 0.1) is 0 Å². The molecule has 1 rings (SSSR count). The molecule has 11 nitrogen and oxygen atoms in total. The van der Waals surface area contributed by atoms with Crippen molar-refractivity contribution in [1.82, 2.24) is 5.32 Å². The fourth-order valence-corrected chi connectivity index (χ4v) is 7.14. The molecule has 9 atom stereocenters. The van der Waals surface area contributed by atoms with E-state index in [2.05, 4.69) is 43.5 Å². The van der Waals surface area contributed by atoms with Crippen LogP contribution in [0.25, 0.3) is 0 Å². The average molecular weight is 800 g/mol. The van der Waals surface area contributed by atoms with Crippen LogP contribution in [-0.2, 0) is 14.3 Å². The van der Waals surface area contributed by atoms with Crippen molar-refractivity contribution >= 4 is 5.91 Å². The molecular weight excluding hydrogens is 714 g/mol. The highest BCUT2D eigenvalue weighted by molar-refractivity contribution is 5.80. The summed E-state index contributed by atoms with van der Waals surface area (Å²) in [5.74, 6) is -0.718. The van der Waals surface area contributed by atoms with Crippen LogP contribution in [0.15, 0.2) is 24.3 Å². The molecule has 0 spiro atoms. The van der Waals surface area contributed by atoms with Crippen LogP contribution in [-0.4, -0.2) is 110 Å². The molecule has 0 radical (unpaired) electrons. The van der Waals surface area contributed by atoms with Gasteiger partial charge in [-0.25, -0.2) is 0 Å². The molecule has 1 aliphatic rings. The van der Waals surface area contributed by atoms with Gasteiger partial charge in [-0.05, 0) is 64.2 Å². The van der Waals surface area contributed by atoms with Crippen molar-refractivity contribution in [2.75, 3.05) is 13.2 Å². The monoisotopic (exact) mass is 800 g/mol. The Bertz CT molecular complexity index is 965. The molecule has 0 saturated carbocycles. The molecule has 1 saturated heterocycles. The lowest BCUT2D eigenvalue weighted by Gasteiger charge is -2.40. The van der Waals surface area contributed by atoms with Crippen LogP contribution in [0.3, 0.4) is 0 Å². The van der Waals surface area contributed by atoms with Crippen molar-refractivity contribution in [2.24, 2.45) is 0 Å². The second-order valence-corrected chi connectivity index (χ2v) is 16.1. The van der Waals surface area contributed by atoms with Gasteiger partial charge in [-0.1, -0.05) is 147 Å². The second kappa shape index (κ2) is 35.5. The fourth-order valence-electron chi connectivity index (χ4n) is 7.14. The molecular formula is C45H85NO10. The Labute approximate surface area is 340 Å². The van der Waals surface area contributed by atoms with Crippen LogP contribution in [0.4, 0.5) is 0 Å². The molecule has 1 heterocycles. The summed E-state index contributed by atoms with van der Waals surface area (Å²) in [7, 11) is 0. The summed E-state index contributed by atoms with van der Waals surface area (Å²) >= 11 is 0. The first-order valence-corrected chi connectivity index (χ1v) is 22.7. The van der Waals surface area contributed by atoms with E-state index in [-0.39, 0.29) is 12.8 Å². The molecule has 9 unspecified atom stereocenters. The van der Waals surface area contributed by atoms with E-state index in [1.807, 2.05) is 0 Å². The van der Waals surface area contributed by atoms with Crippen LogP contribution in [0.5, 0.6) is 0 Å². The van der Waals surface area contributed by atoms with Crippen LogP contribution < -0.4 is 5.32 Å². The first-order chi connectivity index (χ1) is 27.2. The predicted molar refractivity (Wildman–Crippen MR) is 224 cm³/mol. The number of hydrogen-bond acceptors (Lipinski definition) is 10. The zero-order chi connectivity index (χ0) is 41.2. The first-order valence-electron chi connectivity index (χ1n) is 22.7. The standard InChI is InChI=1S/C45H85NO10/c1-3-5-7-9-11-13-15-16-17-18-19-20-21-23-24-26-28-30-32-37(48)40(50)36(35-55-45-43(53)42(52)41(51)39(34-47)56-45)46-44(54)38(49)33-31-29-27-25-22-14-12-10-8-6-4-2/h12,14,24,26,36-43,45,47-53H,3-11,13,15-23,25,27-35H2,1-2H3,(H,46,54)/b14-12-,26-24+. The Morgan fingerprint density at radius 3 is 1.57 bits per heavy atom. The number of hydrogen-bond donors (Lipinski definition) is 8. The van der Waals surface area contributed by atoms with Crippen molar-refractivity contribution in [3.8, 4) is 0 Å². The predicted octanol–water partition coefficient (Wildman–Crippen LogP) is 7.06. The average Bonchev–Trinajstić information content (AvgIpc) is 3.20. The third-order valence-corrected chi connectivity index (χ3v) is 11.0. The summed E-state index contributed by atoms with van der Waals surface area (Å²) in [4.78, 5) is 13.0. The Kier molecular flexibility index (Phi) is 33.4. The van der Waals surface area contributed by atoms with E-state index >= 15 is 0 Å². The molecule has 56 heavy (non-hydrogen) atoms. The molecule has 0 bridgehead atoms. The zero-order valence-electron chi connectivity index (χ0n) is 35.4. The summed E-state index contributed by atoms with van der Waals surface area (Å²) in [5, 5.41) is 75.5. The van der Waals surface area contributed by atoms with E-state index in [1.165, 1.54) is 96.3 Å². The lowest BCUT2D eigenvalue weighted by atomic mass is 9.98. The SMILES string of the molecule is CCCCC/C=C\CCCCCCC(O)C(=O)NC(COC1OC(CO)C(O)C(O)C1O)C(O)C(O)CCC/C=C/CCCCCCCCCCCCCCC. The number of aliphatic hydroxyl groups excluding tert-OH is 7. The van der Waals surface area contributed by atoms with E-state index in [1.54, 1.807) is 0 Å². The number of carbonyl (C=O) groups is 1. The Morgan fingerprint density at radius 2 is 1.05 bits per heavy atom. The molecule has 1 fully saturated rings. The highest BCUT2D eigenvalue weighted by Crippen LogP contribution is 2.23. The van der Waals surface area contributed by atoms with E-state index in [0.717, 1.165) is 51.4 Å².